The Hall–Kier alpha value is -2.74. The van der Waals surface area contributed by atoms with Crippen LogP contribution in [0.4, 0.5) is 0 Å². The zero-order valence-electron chi connectivity index (χ0n) is 16.4. The number of rotatable bonds is 6. The summed E-state index contributed by atoms with van der Waals surface area (Å²) in [5, 5.41) is 9.33. The van der Waals surface area contributed by atoms with Gasteiger partial charge in [-0.3, -0.25) is 4.79 Å². The van der Waals surface area contributed by atoms with Crippen molar-refractivity contribution in [1.82, 2.24) is 4.31 Å². The Morgan fingerprint density at radius 3 is 2.37 bits per heavy atom. The van der Waals surface area contributed by atoms with Gasteiger partial charge in [-0.15, -0.1) is 11.3 Å². The molecule has 0 saturated heterocycles. The molecular weight excluding hydrogens is 418 g/mol. The minimum Gasteiger partial charge on any atom is -0.480 e. The number of nitrogens with zero attached hydrogens (tertiary/aromatic N) is 1. The first-order valence-corrected chi connectivity index (χ1v) is 11.9. The topological polar surface area (TPSA) is 74.7 Å². The fourth-order valence-corrected chi connectivity index (χ4v) is 6.93. The van der Waals surface area contributed by atoms with Crippen molar-refractivity contribution in [3.8, 4) is 11.1 Å². The smallest absolute Gasteiger partial charge is 0.322 e. The van der Waals surface area contributed by atoms with Crippen molar-refractivity contribution in [2.24, 2.45) is 0 Å². The van der Waals surface area contributed by atoms with Crippen molar-refractivity contribution >= 4 is 39.5 Å². The molecule has 1 aromatic heterocycles. The molecule has 1 aliphatic heterocycles. The quantitative estimate of drug-likeness (QED) is 0.590. The van der Waals surface area contributed by atoms with Crippen LogP contribution in [-0.2, 0) is 21.4 Å². The SMILES string of the molecule is CCC(C(=O)O)N1Cc2cc(/C=C/c3ccc(-c4ccccc4)cc3)sc2S1(=O)=O. The second kappa shape index (κ2) is 8.18. The first kappa shape index (κ1) is 20.5. The van der Waals surface area contributed by atoms with Crippen molar-refractivity contribution in [3.05, 3.63) is 76.7 Å². The molecule has 1 N–H and O–H groups in total. The Balaban J connectivity index is 1.52. The highest BCUT2D eigenvalue weighted by atomic mass is 32.2. The number of hydrogen-bond donors (Lipinski definition) is 1. The molecule has 2 heterocycles. The lowest BCUT2D eigenvalue weighted by Crippen LogP contribution is -2.40. The van der Waals surface area contributed by atoms with Crippen LogP contribution in [-0.4, -0.2) is 29.8 Å². The van der Waals surface area contributed by atoms with E-state index >= 15 is 0 Å². The van der Waals surface area contributed by atoms with Gasteiger partial charge in [0.2, 0.25) is 0 Å². The molecule has 4 rings (SSSR count). The third-order valence-corrected chi connectivity index (χ3v) is 8.69. The van der Waals surface area contributed by atoms with Crippen molar-refractivity contribution in [2.75, 3.05) is 0 Å². The third-order valence-electron chi connectivity index (χ3n) is 5.14. The van der Waals surface area contributed by atoms with Gasteiger partial charge in [0.25, 0.3) is 10.0 Å². The van der Waals surface area contributed by atoms with E-state index in [2.05, 4.69) is 24.3 Å². The Labute approximate surface area is 180 Å². The standard InChI is InChI=1S/C23H21NO4S2/c1-2-21(22(25)26)24-15-19-14-20(29-23(19)30(24,27)28)13-10-16-8-11-18(12-9-16)17-6-4-3-5-7-17/h3-14,21H,2,15H2,1H3,(H,25,26)/b13-10+. The molecule has 2 aromatic carbocycles. The predicted octanol–water partition coefficient (Wildman–Crippen LogP) is 4.95. The molecule has 1 atom stereocenters. The number of benzene rings is 2. The first-order chi connectivity index (χ1) is 14.4. The summed E-state index contributed by atoms with van der Waals surface area (Å²) in [6.07, 6.45) is 4.08. The van der Waals surface area contributed by atoms with Crippen LogP contribution in [0, 0.1) is 0 Å². The van der Waals surface area contributed by atoms with Crippen LogP contribution >= 0.6 is 11.3 Å². The number of sulfonamides is 1. The molecule has 7 heteroatoms. The molecule has 30 heavy (non-hydrogen) atoms. The van der Waals surface area contributed by atoms with Gasteiger partial charge in [0.15, 0.2) is 0 Å². The van der Waals surface area contributed by atoms with E-state index < -0.39 is 22.0 Å². The monoisotopic (exact) mass is 439 g/mol. The van der Waals surface area contributed by atoms with Gasteiger partial charge >= 0.3 is 5.97 Å². The van der Waals surface area contributed by atoms with E-state index in [1.807, 2.05) is 48.6 Å². The number of thiophene rings is 1. The van der Waals surface area contributed by atoms with E-state index in [4.69, 9.17) is 0 Å². The third kappa shape index (κ3) is 3.84. The van der Waals surface area contributed by atoms with Crippen molar-refractivity contribution in [3.63, 3.8) is 0 Å². The Bertz CT molecular complexity index is 1200. The van der Waals surface area contributed by atoms with Crippen LogP contribution in [0.2, 0.25) is 0 Å². The molecule has 1 aliphatic rings. The normalized spacial score (nSPS) is 16.6. The summed E-state index contributed by atoms with van der Waals surface area (Å²) in [6, 6.07) is 19.1. The highest BCUT2D eigenvalue weighted by Crippen LogP contribution is 2.39. The largest absolute Gasteiger partial charge is 0.480 e. The zero-order chi connectivity index (χ0) is 21.3. The van der Waals surface area contributed by atoms with Gasteiger partial charge in [0, 0.05) is 11.4 Å². The van der Waals surface area contributed by atoms with Crippen molar-refractivity contribution in [1.29, 1.82) is 0 Å². The minimum absolute atomic E-state index is 0.110. The van der Waals surface area contributed by atoms with Crippen LogP contribution in [0.1, 0.15) is 29.3 Å². The number of carbonyl (C=O) groups is 1. The van der Waals surface area contributed by atoms with Gasteiger partial charge in [-0.25, -0.2) is 8.42 Å². The molecule has 3 aromatic rings. The van der Waals surface area contributed by atoms with E-state index in [0.717, 1.165) is 25.9 Å². The second-order valence-electron chi connectivity index (χ2n) is 7.10. The van der Waals surface area contributed by atoms with Crippen molar-refractivity contribution in [2.45, 2.75) is 30.1 Å². The van der Waals surface area contributed by atoms with E-state index in [9.17, 15) is 18.3 Å². The maximum atomic E-state index is 12.8. The summed E-state index contributed by atoms with van der Waals surface area (Å²) in [5.41, 5.74) is 3.98. The van der Waals surface area contributed by atoms with E-state index in [-0.39, 0.29) is 17.2 Å². The summed E-state index contributed by atoms with van der Waals surface area (Å²) in [7, 11) is -3.76. The summed E-state index contributed by atoms with van der Waals surface area (Å²) < 4.78 is 26.9. The summed E-state index contributed by atoms with van der Waals surface area (Å²) in [6.45, 7) is 1.79. The summed E-state index contributed by atoms with van der Waals surface area (Å²) >= 11 is 1.18. The van der Waals surface area contributed by atoms with Gasteiger partial charge in [-0.1, -0.05) is 67.6 Å². The number of carboxylic acids is 1. The average Bonchev–Trinajstić information content (AvgIpc) is 3.26. The molecule has 0 radical (unpaired) electrons. The van der Waals surface area contributed by atoms with E-state index in [1.54, 1.807) is 6.92 Å². The molecule has 154 valence electrons. The van der Waals surface area contributed by atoms with E-state index in [1.165, 1.54) is 11.3 Å². The molecular formula is C23H21NO4S2. The van der Waals surface area contributed by atoms with Crippen LogP contribution in [0.15, 0.2) is 64.9 Å². The maximum absolute atomic E-state index is 12.8. The van der Waals surface area contributed by atoms with Gasteiger partial charge in [0.05, 0.1) is 0 Å². The zero-order valence-corrected chi connectivity index (χ0v) is 18.0. The molecule has 0 saturated carbocycles. The fraction of sp³-hybridized carbons (Fsp3) is 0.174. The van der Waals surface area contributed by atoms with Gasteiger partial charge in [-0.2, -0.15) is 4.31 Å². The second-order valence-corrected chi connectivity index (χ2v) is 10.3. The number of carboxylic acid groups (broad SMARTS) is 1. The van der Waals surface area contributed by atoms with Crippen LogP contribution in [0.5, 0.6) is 0 Å². The van der Waals surface area contributed by atoms with Gasteiger partial charge < -0.3 is 5.11 Å². The number of aliphatic carboxylic acids is 1. The van der Waals surface area contributed by atoms with E-state index in [0.29, 0.717) is 5.56 Å². The predicted molar refractivity (Wildman–Crippen MR) is 120 cm³/mol. The van der Waals surface area contributed by atoms with Crippen LogP contribution in [0.25, 0.3) is 23.3 Å². The maximum Gasteiger partial charge on any atom is 0.322 e. The Kier molecular flexibility index (Phi) is 5.60. The molecule has 1 unspecified atom stereocenters. The minimum atomic E-state index is -3.76. The van der Waals surface area contributed by atoms with Crippen molar-refractivity contribution < 1.29 is 18.3 Å². The van der Waals surface area contributed by atoms with Gasteiger partial charge in [-0.05, 0) is 40.8 Å². The summed E-state index contributed by atoms with van der Waals surface area (Å²) in [5.74, 6) is -1.12. The van der Waals surface area contributed by atoms with Gasteiger partial charge in [0.1, 0.15) is 10.3 Å². The van der Waals surface area contributed by atoms with Crippen LogP contribution in [0.3, 0.4) is 0 Å². The van der Waals surface area contributed by atoms with Crippen LogP contribution < -0.4 is 0 Å². The number of fused-ring (bicyclic) bond motifs is 1. The highest BCUT2D eigenvalue weighted by Gasteiger charge is 2.42. The Morgan fingerprint density at radius 2 is 1.77 bits per heavy atom. The lowest BCUT2D eigenvalue weighted by Gasteiger charge is -2.21. The lowest BCUT2D eigenvalue weighted by atomic mass is 10.0. The molecule has 0 spiro atoms. The molecule has 5 nitrogen and oxygen atoms in total. The first-order valence-electron chi connectivity index (χ1n) is 9.61. The molecule has 0 aliphatic carbocycles. The average molecular weight is 440 g/mol. The molecule has 0 amide bonds. The summed E-state index contributed by atoms with van der Waals surface area (Å²) in [4.78, 5) is 12.2. The fourth-order valence-electron chi connectivity index (χ4n) is 3.58. The molecule has 0 fully saturated rings. The Morgan fingerprint density at radius 1 is 1.10 bits per heavy atom. The number of hydrogen-bond acceptors (Lipinski definition) is 4. The molecule has 0 bridgehead atoms. The highest BCUT2D eigenvalue weighted by molar-refractivity contribution is 7.91. The lowest BCUT2D eigenvalue weighted by molar-refractivity contribution is -0.141.